The van der Waals surface area contributed by atoms with Gasteiger partial charge in [0.05, 0.1) is 6.04 Å². The Balaban J connectivity index is 1.80. The molecule has 1 amide bonds. The topological polar surface area (TPSA) is 49.4 Å². The monoisotopic (exact) mass is 274 g/mol. The fourth-order valence-electron chi connectivity index (χ4n) is 2.68. The van der Waals surface area contributed by atoms with Crippen molar-refractivity contribution in [1.82, 2.24) is 10.2 Å². The Labute approximate surface area is 120 Å². The fraction of sp³-hybridized carbons (Fsp3) is 0.500. The van der Waals surface area contributed by atoms with Crippen LogP contribution in [0.15, 0.2) is 30.3 Å². The smallest absolute Gasteiger partial charge is 0.237 e. The number of carbonyl (C=O) groups is 2. The van der Waals surface area contributed by atoms with E-state index in [2.05, 4.69) is 10.2 Å². The van der Waals surface area contributed by atoms with Crippen LogP contribution in [0.25, 0.3) is 0 Å². The van der Waals surface area contributed by atoms with Gasteiger partial charge in [0.1, 0.15) is 0 Å². The van der Waals surface area contributed by atoms with Crippen molar-refractivity contribution in [2.24, 2.45) is 0 Å². The molecule has 1 N–H and O–H groups in total. The third-order valence-corrected chi connectivity index (χ3v) is 3.77. The van der Waals surface area contributed by atoms with Crippen molar-refractivity contribution in [3.63, 3.8) is 0 Å². The minimum absolute atomic E-state index is 0.0319. The van der Waals surface area contributed by atoms with Gasteiger partial charge in [0.25, 0.3) is 0 Å². The highest BCUT2D eigenvalue weighted by atomic mass is 16.2. The molecule has 1 atom stereocenters. The predicted molar refractivity (Wildman–Crippen MR) is 78.7 cm³/mol. The normalized spacial score (nSPS) is 19.6. The van der Waals surface area contributed by atoms with Gasteiger partial charge in [-0.25, -0.2) is 0 Å². The minimum atomic E-state index is -0.0319. The molecule has 0 saturated carbocycles. The van der Waals surface area contributed by atoms with Crippen LogP contribution < -0.4 is 5.32 Å². The van der Waals surface area contributed by atoms with Crippen LogP contribution in [0.4, 0.5) is 0 Å². The quantitative estimate of drug-likeness (QED) is 0.806. The molecule has 20 heavy (non-hydrogen) atoms. The molecule has 1 aromatic carbocycles. The Bertz CT molecular complexity index is 459. The highest BCUT2D eigenvalue weighted by Gasteiger charge is 2.27. The lowest BCUT2D eigenvalue weighted by atomic mass is 10.1. The summed E-state index contributed by atoms with van der Waals surface area (Å²) in [6.07, 6.45) is 2.16. The van der Waals surface area contributed by atoms with Gasteiger partial charge < -0.3 is 5.32 Å². The molecular weight excluding hydrogens is 252 g/mol. The maximum Gasteiger partial charge on any atom is 0.237 e. The molecule has 1 aromatic rings. The number of nitrogens with one attached hydrogen (secondary N) is 1. The van der Waals surface area contributed by atoms with E-state index < -0.39 is 0 Å². The first kappa shape index (κ1) is 14.7. The Hall–Kier alpha value is -1.68. The Morgan fingerprint density at radius 2 is 2.10 bits per heavy atom. The molecule has 1 aliphatic rings. The second-order valence-corrected chi connectivity index (χ2v) is 5.14. The summed E-state index contributed by atoms with van der Waals surface area (Å²) in [5.41, 5.74) is 0.774. The molecule has 108 valence electrons. The molecule has 1 aliphatic heterocycles. The number of Topliss-reactive ketones (excluding diaryl/α,β-unsaturated/α-hetero) is 1. The van der Waals surface area contributed by atoms with Gasteiger partial charge in [0.15, 0.2) is 5.78 Å². The molecule has 4 nitrogen and oxygen atoms in total. The van der Waals surface area contributed by atoms with Gasteiger partial charge >= 0.3 is 0 Å². The zero-order valence-electron chi connectivity index (χ0n) is 12.0. The summed E-state index contributed by atoms with van der Waals surface area (Å²) >= 11 is 0. The Kier molecular flexibility index (Phi) is 5.30. The van der Waals surface area contributed by atoms with Crippen LogP contribution in [-0.2, 0) is 4.79 Å². The SMILES string of the molecule is CCC1C(=O)NCCN1CCCC(=O)c1ccccc1. The maximum absolute atomic E-state index is 12.0. The first-order valence-corrected chi connectivity index (χ1v) is 7.32. The molecule has 0 aromatic heterocycles. The molecule has 0 spiro atoms. The third-order valence-electron chi connectivity index (χ3n) is 3.77. The van der Waals surface area contributed by atoms with E-state index >= 15 is 0 Å². The molecule has 1 unspecified atom stereocenters. The standard InChI is InChI=1S/C16H22N2O2/c1-2-14-16(20)17-10-12-18(14)11-6-9-15(19)13-7-4-3-5-8-13/h3-5,7-8,14H,2,6,9-12H2,1H3,(H,17,20). The van der Waals surface area contributed by atoms with Crippen LogP contribution in [-0.4, -0.2) is 42.3 Å². The molecule has 1 heterocycles. The van der Waals surface area contributed by atoms with Crippen LogP contribution in [0.3, 0.4) is 0 Å². The van der Waals surface area contributed by atoms with E-state index in [1.165, 1.54) is 0 Å². The minimum Gasteiger partial charge on any atom is -0.353 e. The fourth-order valence-corrected chi connectivity index (χ4v) is 2.68. The van der Waals surface area contributed by atoms with Crippen molar-refractivity contribution in [3.05, 3.63) is 35.9 Å². The molecule has 4 heteroatoms. The van der Waals surface area contributed by atoms with Crippen LogP contribution in [0.5, 0.6) is 0 Å². The van der Waals surface area contributed by atoms with Gasteiger partial charge in [-0.05, 0) is 19.4 Å². The number of benzene rings is 1. The van der Waals surface area contributed by atoms with Crippen molar-refractivity contribution in [3.8, 4) is 0 Å². The predicted octanol–water partition coefficient (Wildman–Crippen LogP) is 1.86. The van der Waals surface area contributed by atoms with Crippen LogP contribution in [0.1, 0.15) is 36.5 Å². The number of piperazine rings is 1. The summed E-state index contributed by atoms with van der Waals surface area (Å²) in [4.78, 5) is 25.9. The van der Waals surface area contributed by atoms with E-state index in [1.807, 2.05) is 37.3 Å². The van der Waals surface area contributed by atoms with Crippen LogP contribution >= 0.6 is 0 Å². The molecule has 0 aliphatic carbocycles. The van der Waals surface area contributed by atoms with Crippen LogP contribution in [0, 0.1) is 0 Å². The van der Waals surface area contributed by atoms with Gasteiger partial charge in [-0.15, -0.1) is 0 Å². The second-order valence-electron chi connectivity index (χ2n) is 5.14. The van der Waals surface area contributed by atoms with Gasteiger partial charge in [-0.3, -0.25) is 14.5 Å². The first-order valence-electron chi connectivity index (χ1n) is 7.32. The molecule has 0 radical (unpaired) electrons. The zero-order chi connectivity index (χ0) is 14.4. The summed E-state index contributed by atoms with van der Waals surface area (Å²) in [6.45, 7) is 4.42. The van der Waals surface area contributed by atoms with E-state index in [-0.39, 0.29) is 17.7 Å². The van der Waals surface area contributed by atoms with Crippen molar-refractivity contribution in [2.45, 2.75) is 32.2 Å². The lowest BCUT2D eigenvalue weighted by Crippen LogP contribution is -2.55. The molecule has 0 bridgehead atoms. The van der Waals surface area contributed by atoms with Crippen molar-refractivity contribution in [2.75, 3.05) is 19.6 Å². The number of amides is 1. The first-order chi connectivity index (χ1) is 9.72. The Morgan fingerprint density at radius 3 is 2.80 bits per heavy atom. The van der Waals surface area contributed by atoms with Crippen LogP contribution in [0.2, 0.25) is 0 Å². The Morgan fingerprint density at radius 1 is 1.35 bits per heavy atom. The highest BCUT2D eigenvalue weighted by molar-refractivity contribution is 5.95. The van der Waals surface area contributed by atoms with Gasteiger partial charge in [0.2, 0.25) is 5.91 Å². The van der Waals surface area contributed by atoms with Crippen molar-refractivity contribution >= 4 is 11.7 Å². The third kappa shape index (κ3) is 3.67. The second kappa shape index (κ2) is 7.20. The zero-order valence-corrected chi connectivity index (χ0v) is 12.0. The lowest BCUT2D eigenvalue weighted by Gasteiger charge is -2.34. The molecule has 2 rings (SSSR count). The average molecular weight is 274 g/mol. The number of hydrogen-bond donors (Lipinski definition) is 1. The summed E-state index contributed by atoms with van der Waals surface area (Å²) in [6, 6.07) is 9.35. The molecule has 1 saturated heterocycles. The summed E-state index contributed by atoms with van der Waals surface area (Å²) in [5, 5.41) is 2.89. The molecular formula is C16H22N2O2. The van der Waals surface area contributed by atoms with Gasteiger partial charge in [-0.1, -0.05) is 37.3 Å². The number of nitrogens with zero attached hydrogens (tertiary/aromatic N) is 1. The highest BCUT2D eigenvalue weighted by Crippen LogP contribution is 2.11. The largest absolute Gasteiger partial charge is 0.353 e. The van der Waals surface area contributed by atoms with Crippen molar-refractivity contribution in [1.29, 1.82) is 0 Å². The maximum atomic E-state index is 12.0. The molecule has 1 fully saturated rings. The van der Waals surface area contributed by atoms with E-state index in [0.717, 1.165) is 31.5 Å². The number of rotatable bonds is 6. The average Bonchev–Trinajstić information content (AvgIpc) is 2.48. The summed E-state index contributed by atoms with van der Waals surface area (Å²) < 4.78 is 0. The van der Waals surface area contributed by atoms with E-state index in [9.17, 15) is 9.59 Å². The number of ketones is 1. The van der Waals surface area contributed by atoms with Gasteiger partial charge in [0, 0.05) is 25.1 Å². The number of hydrogen-bond acceptors (Lipinski definition) is 3. The van der Waals surface area contributed by atoms with Gasteiger partial charge in [-0.2, -0.15) is 0 Å². The van der Waals surface area contributed by atoms with Crippen molar-refractivity contribution < 1.29 is 9.59 Å². The summed E-state index contributed by atoms with van der Waals surface area (Å²) in [7, 11) is 0. The van der Waals surface area contributed by atoms with E-state index in [1.54, 1.807) is 0 Å². The van der Waals surface area contributed by atoms with E-state index in [4.69, 9.17) is 0 Å². The lowest BCUT2D eigenvalue weighted by molar-refractivity contribution is -0.129. The number of carbonyl (C=O) groups excluding carboxylic acids is 2. The summed E-state index contributed by atoms with van der Waals surface area (Å²) in [5.74, 6) is 0.299. The van der Waals surface area contributed by atoms with E-state index in [0.29, 0.717) is 13.0 Å².